The number of hydrogen-bond acceptors (Lipinski definition) is 4. The Hall–Kier alpha value is -2.54. The Morgan fingerprint density at radius 1 is 1.29 bits per heavy atom. The SMILES string of the molecule is Cc1nc(NC(=O)Cc2cnn(C)c2)sc1Cc1ccc(F)cc1. The quantitative estimate of drug-likeness (QED) is 0.774. The van der Waals surface area contributed by atoms with Crippen molar-refractivity contribution in [2.24, 2.45) is 7.05 Å². The van der Waals surface area contributed by atoms with E-state index >= 15 is 0 Å². The van der Waals surface area contributed by atoms with Gasteiger partial charge < -0.3 is 5.32 Å². The molecule has 2 heterocycles. The van der Waals surface area contributed by atoms with Crippen LogP contribution in [0.2, 0.25) is 0 Å². The van der Waals surface area contributed by atoms with Crippen molar-refractivity contribution >= 4 is 22.4 Å². The molecule has 24 heavy (non-hydrogen) atoms. The molecule has 1 N–H and O–H groups in total. The summed E-state index contributed by atoms with van der Waals surface area (Å²) < 4.78 is 14.6. The molecule has 3 aromatic rings. The normalized spacial score (nSPS) is 10.8. The van der Waals surface area contributed by atoms with Crippen LogP contribution in [-0.2, 0) is 24.7 Å². The zero-order valence-electron chi connectivity index (χ0n) is 13.4. The minimum Gasteiger partial charge on any atom is -0.302 e. The first-order valence-corrected chi connectivity index (χ1v) is 8.29. The maximum Gasteiger partial charge on any atom is 0.230 e. The molecule has 0 spiro atoms. The molecule has 0 bridgehead atoms. The van der Waals surface area contributed by atoms with E-state index in [0.29, 0.717) is 11.6 Å². The predicted molar refractivity (Wildman–Crippen MR) is 91.6 cm³/mol. The first-order chi connectivity index (χ1) is 11.5. The van der Waals surface area contributed by atoms with Gasteiger partial charge in [0, 0.05) is 24.5 Å². The fourth-order valence-electron chi connectivity index (χ4n) is 2.35. The predicted octanol–water partition coefficient (Wildman–Crippen LogP) is 3.10. The third-order valence-electron chi connectivity index (χ3n) is 3.54. The van der Waals surface area contributed by atoms with Crippen molar-refractivity contribution in [2.75, 3.05) is 5.32 Å². The van der Waals surface area contributed by atoms with Crippen LogP contribution in [0.3, 0.4) is 0 Å². The van der Waals surface area contributed by atoms with Crippen molar-refractivity contribution in [3.63, 3.8) is 0 Å². The van der Waals surface area contributed by atoms with Crippen molar-refractivity contribution in [2.45, 2.75) is 19.8 Å². The van der Waals surface area contributed by atoms with E-state index in [2.05, 4.69) is 15.4 Å². The summed E-state index contributed by atoms with van der Waals surface area (Å²) in [5, 5.41) is 7.45. The Morgan fingerprint density at radius 3 is 2.71 bits per heavy atom. The van der Waals surface area contributed by atoms with E-state index in [1.54, 1.807) is 23.0 Å². The Bertz CT molecular complexity index is 854. The number of halogens is 1. The molecule has 0 aliphatic carbocycles. The fourth-order valence-corrected chi connectivity index (χ4v) is 3.36. The Kier molecular flexibility index (Phi) is 4.71. The summed E-state index contributed by atoms with van der Waals surface area (Å²) in [5.74, 6) is -0.367. The van der Waals surface area contributed by atoms with Gasteiger partial charge in [0.25, 0.3) is 0 Å². The number of aromatic nitrogens is 3. The molecule has 5 nitrogen and oxygen atoms in total. The van der Waals surface area contributed by atoms with Gasteiger partial charge in [-0.3, -0.25) is 9.48 Å². The Balaban J connectivity index is 1.65. The molecular weight excluding hydrogens is 327 g/mol. The topological polar surface area (TPSA) is 59.8 Å². The van der Waals surface area contributed by atoms with E-state index < -0.39 is 0 Å². The number of thiazole rings is 1. The number of anilines is 1. The minimum absolute atomic E-state index is 0.120. The number of hydrogen-bond donors (Lipinski definition) is 1. The molecular formula is C17H17FN4OS. The van der Waals surface area contributed by atoms with Crippen molar-refractivity contribution in [1.82, 2.24) is 14.8 Å². The standard InChI is InChI=1S/C17H17FN4OS/c1-11-15(7-12-3-5-14(18)6-4-12)24-17(20-11)21-16(23)8-13-9-19-22(2)10-13/h3-6,9-10H,7-8H2,1-2H3,(H,20,21,23). The zero-order chi connectivity index (χ0) is 17.1. The smallest absolute Gasteiger partial charge is 0.230 e. The maximum atomic E-state index is 13.0. The average molecular weight is 344 g/mol. The van der Waals surface area contributed by atoms with E-state index in [1.165, 1.54) is 23.5 Å². The van der Waals surface area contributed by atoms with Crippen molar-refractivity contribution in [3.05, 3.63) is 64.2 Å². The summed E-state index contributed by atoms with van der Waals surface area (Å²) in [6, 6.07) is 6.41. The van der Waals surface area contributed by atoms with Gasteiger partial charge in [0.1, 0.15) is 5.82 Å². The van der Waals surface area contributed by atoms with Gasteiger partial charge >= 0.3 is 0 Å². The van der Waals surface area contributed by atoms with Gasteiger partial charge in [0.2, 0.25) is 5.91 Å². The van der Waals surface area contributed by atoms with Crippen LogP contribution in [-0.4, -0.2) is 20.7 Å². The molecule has 1 amide bonds. The lowest BCUT2D eigenvalue weighted by atomic mass is 10.1. The lowest BCUT2D eigenvalue weighted by Gasteiger charge is -2.00. The fraction of sp³-hybridized carbons (Fsp3) is 0.235. The van der Waals surface area contributed by atoms with Crippen LogP contribution < -0.4 is 5.32 Å². The van der Waals surface area contributed by atoms with Crippen LogP contribution in [0.5, 0.6) is 0 Å². The second kappa shape index (κ2) is 6.92. The van der Waals surface area contributed by atoms with E-state index in [-0.39, 0.29) is 18.1 Å². The van der Waals surface area contributed by atoms with Crippen molar-refractivity contribution in [1.29, 1.82) is 0 Å². The summed E-state index contributed by atoms with van der Waals surface area (Å²) >= 11 is 1.44. The van der Waals surface area contributed by atoms with Gasteiger partial charge in [-0.25, -0.2) is 9.37 Å². The molecule has 0 aliphatic heterocycles. The lowest BCUT2D eigenvalue weighted by Crippen LogP contribution is -2.13. The highest BCUT2D eigenvalue weighted by molar-refractivity contribution is 7.15. The number of benzene rings is 1. The summed E-state index contributed by atoms with van der Waals surface area (Å²) in [6.45, 7) is 1.91. The molecule has 2 aromatic heterocycles. The highest BCUT2D eigenvalue weighted by Gasteiger charge is 2.12. The van der Waals surface area contributed by atoms with Gasteiger partial charge in [-0.15, -0.1) is 11.3 Å². The number of carbonyl (C=O) groups is 1. The van der Waals surface area contributed by atoms with E-state index in [9.17, 15) is 9.18 Å². The number of nitrogens with one attached hydrogen (secondary N) is 1. The molecule has 7 heteroatoms. The summed E-state index contributed by atoms with van der Waals surface area (Å²) in [5.41, 5.74) is 2.74. The second-order valence-electron chi connectivity index (χ2n) is 5.58. The maximum absolute atomic E-state index is 13.0. The number of rotatable bonds is 5. The molecule has 0 aliphatic rings. The van der Waals surface area contributed by atoms with Crippen LogP contribution in [0.1, 0.15) is 21.7 Å². The Morgan fingerprint density at radius 2 is 2.04 bits per heavy atom. The van der Waals surface area contributed by atoms with Gasteiger partial charge in [-0.1, -0.05) is 12.1 Å². The van der Waals surface area contributed by atoms with E-state index in [1.807, 2.05) is 20.2 Å². The van der Waals surface area contributed by atoms with E-state index in [4.69, 9.17) is 0 Å². The highest BCUT2D eigenvalue weighted by atomic mass is 32.1. The summed E-state index contributed by atoms with van der Waals surface area (Å²) in [4.78, 5) is 17.5. The van der Waals surface area contributed by atoms with Crippen molar-refractivity contribution < 1.29 is 9.18 Å². The number of aryl methyl sites for hydroxylation is 2. The zero-order valence-corrected chi connectivity index (χ0v) is 14.2. The highest BCUT2D eigenvalue weighted by Crippen LogP contribution is 2.25. The van der Waals surface area contributed by atoms with E-state index in [0.717, 1.165) is 21.7 Å². The Labute approximate surface area is 143 Å². The molecule has 0 atom stereocenters. The molecule has 0 unspecified atom stereocenters. The number of amides is 1. The van der Waals surface area contributed by atoms with Crippen LogP contribution in [0.15, 0.2) is 36.7 Å². The van der Waals surface area contributed by atoms with Gasteiger partial charge in [0.05, 0.1) is 18.3 Å². The third-order valence-corrected chi connectivity index (χ3v) is 4.61. The molecule has 3 rings (SSSR count). The van der Waals surface area contributed by atoms with Gasteiger partial charge in [0.15, 0.2) is 5.13 Å². The number of carbonyl (C=O) groups excluding carboxylic acids is 1. The molecule has 0 radical (unpaired) electrons. The average Bonchev–Trinajstić information content (AvgIpc) is 3.07. The molecule has 0 saturated carbocycles. The third kappa shape index (κ3) is 4.05. The lowest BCUT2D eigenvalue weighted by molar-refractivity contribution is -0.115. The van der Waals surface area contributed by atoms with Crippen molar-refractivity contribution in [3.8, 4) is 0 Å². The molecule has 1 aromatic carbocycles. The number of nitrogens with zero attached hydrogens (tertiary/aromatic N) is 3. The summed E-state index contributed by atoms with van der Waals surface area (Å²) in [6.07, 6.45) is 4.42. The summed E-state index contributed by atoms with van der Waals surface area (Å²) in [7, 11) is 1.81. The van der Waals surface area contributed by atoms with Crippen LogP contribution >= 0.6 is 11.3 Å². The molecule has 124 valence electrons. The van der Waals surface area contributed by atoms with Crippen LogP contribution in [0.4, 0.5) is 9.52 Å². The van der Waals surface area contributed by atoms with Crippen LogP contribution in [0.25, 0.3) is 0 Å². The first-order valence-electron chi connectivity index (χ1n) is 7.48. The second-order valence-corrected chi connectivity index (χ2v) is 6.66. The largest absolute Gasteiger partial charge is 0.302 e. The van der Waals surface area contributed by atoms with Gasteiger partial charge in [-0.2, -0.15) is 5.10 Å². The monoisotopic (exact) mass is 344 g/mol. The first kappa shape index (κ1) is 16.3. The molecule has 0 fully saturated rings. The minimum atomic E-state index is -0.247. The molecule has 0 saturated heterocycles. The van der Waals surface area contributed by atoms with Crippen LogP contribution in [0, 0.1) is 12.7 Å². The van der Waals surface area contributed by atoms with Gasteiger partial charge in [-0.05, 0) is 30.2 Å².